The minimum Gasteiger partial charge on any atom is -0.281 e. The van der Waals surface area contributed by atoms with Gasteiger partial charge in [-0.3, -0.25) is 9.78 Å². The second-order valence-corrected chi connectivity index (χ2v) is 10.0. The van der Waals surface area contributed by atoms with E-state index in [1.807, 2.05) is 30.3 Å². The van der Waals surface area contributed by atoms with Crippen molar-refractivity contribution in [3.05, 3.63) is 137 Å². The van der Waals surface area contributed by atoms with Gasteiger partial charge in [0.1, 0.15) is 0 Å². The van der Waals surface area contributed by atoms with Gasteiger partial charge in [-0.1, -0.05) is 79.9 Å². The Kier molecular flexibility index (Phi) is 7.82. The molecule has 1 aromatic heterocycles. The van der Waals surface area contributed by atoms with E-state index in [2.05, 4.69) is 67.0 Å². The van der Waals surface area contributed by atoms with Crippen molar-refractivity contribution >= 4 is 28.6 Å². The topological polar surface area (TPSA) is 30.0 Å². The summed E-state index contributed by atoms with van der Waals surface area (Å²) in [7, 11) is 0. The molecule has 1 unspecified atom stereocenters. The normalized spacial score (nSPS) is 11.7. The Balaban J connectivity index is 1.37. The predicted molar refractivity (Wildman–Crippen MR) is 140 cm³/mol. The van der Waals surface area contributed by atoms with Crippen molar-refractivity contribution in [1.29, 1.82) is 0 Å². The minimum absolute atomic E-state index is 0.00285. The fourth-order valence-corrected chi connectivity index (χ4v) is 5.07. The Morgan fingerprint density at radius 1 is 0.848 bits per heavy atom. The van der Waals surface area contributed by atoms with Crippen LogP contribution in [0.4, 0.5) is 0 Å². The van der Waals surface area contributed by atoms with Crippen LogP contribution in [-0.2, 0) is 6.42 Å². The number of thioether (sulfide) groups is 2. The number of nitrogens with zero attached hydrogens (tertiary/aromatic N) is 1. The number of carbonyl (C=O) groups is 1. The number of allylic oxidation sites excluding steroid dienone is 1. The molecule has 33 heavy (non-hydrogen) atoms. The zero-order valence-corrected chi connectivity index (χ0v) is 20.1. The number of rotatable bonds is 8. The van der Waals surface area contributed by atoms with E-state index in [-0.39, 0.29) is 11.0 Å². The van der Waals surface area contributed by atoms with Gasteiger partial charge in [0.05, 0.1) is 0 Å². The molecule has 4 rings (SSSR count). The summed E-state index contributed by atoms with van der Waals surface area (Å²) in [5.74, 6) is 0.229. The number of benzene rings is 3. The summed E-state index contributed by atoms with van der Waals surface area (Å²) in [5.41, 5.74) is 4.51. The van der Waals surface area contributed by atoms with Crippen molar-refractivity contribution in [2.24, 2.45) is 0 Å². The molecule has 1 atom stereocenters. The monoisotopic (exact) mass is 467 g/mol. The van der Waals surface area contributed by atoms with E-state index in [0.29, 0.717) is 5.56 Å². The van der Waals surface area contributed by atoms with Crippen molar-refractivity contribution in [2.75, 3.05) is 0 Å². The quantitative estimate of drug-likeness (QED) is 0.245. The van der Waals surface area contributed by atoms with Crippen LogP contribution >= 0.6 is 23.5 Å². The first kappa shape index (κ1) is 23.1. The van der Waals surface area contributed by atoms with Gasteiger partial charge in [0.2, 0.25) is 5.12 Å². The fraction of sp³-hybridized carbons (Fsp3) is 0.103. The summed E-state index contributed by atoms with van der Waals surface area (Å²) >= 11 is 2.90. The predicted octanol–water partition coefficient (Wildman–Crippen LogP) is 8.01. The van der Waals surface area contributed by atoms with Crippen LogP contribution in [-0.4, -0.2) is 10.1 Å². The smallest absolute Gasteiger partial charge is 0.225 e. The highest BCUT2D eigenvalue weighted by Gasteiger charge is 2.13. The highest BCUT2D eigenvalue weighted by molar-refractivity contribution is 8.14. The summed E-state index contributed by atoms with van der Waals surface area (Å²) in [4.78, 5) is 19.5. The minimum atomic E-state index is -0.00285. The SMILES string of the molecule is C=C(Sc1ccc(SC(=O)c2cccnc2)cc1)C(C)c1cccc(Cc2ccccc2)c1. The summed E-state index contributed by atoms with van der Waals surface area (Å²) in [6.07, 6.45) is 4.19. The van der Waals surface area contributed by atoms with Crippen molar-refractivity contribution in [1.82, 2.24) is 4.98 Å². The third kappa shape index (κ3) is 6.47. The standard InChI is InChI=1S/C29H25NOS2/c1-21(25-11-6-10-24(19-25)18-23-8-4-3-5-9-23)22(2)32-27-13-15-28(16-14-27)33-29(31)26-12-7-17-30-20-26/h3-17,19-21H,2,18H2,1H3. The Morgan fingerprint density at radius 3 is 2.24 bits per heavy atom. The lowest BCUT2D eigenvalue weighted by Gasteiger charge is -2.16. The second-order valence-electron chi connectivity index (χ2n) is 7.80. The average molecular weight is 468 g/mol. The Hall–Kier alpha value is -3.08. The molecule has 2 nitrogen and oxygen atoms in total. The van der Waals surface area contributed by atoms with Gasteiger partial charge in [0.15, 0.2) is 0 Å². The van der Waals surface area contributed by atoms with Gasteiger partial charge in [-0.2, -0.15) is 0 Å². The van der Waals surface area contributed by atoms with Crippen molar-refractivity contribution < 1.29 is 4.79 Å². The van der Waals surface area contributed by atoms with E-state index >= 15 is 0 Å². The Labute approximate surface area is 204 Å². The van der Waals surface area contributed by atoms with E-state index in [9.17, 15) is 4.79 Å². The first-order chi connectivity index (χ1) is 16.1. The molecule has 0 spiro atoms. The fourth-order valence-electron chi connectivity index (χ4n) is 3.45. The molecule has 0 aliphatic carbocycles. The third-order valence-corrected chi connectivity index (χ3v) is 7.42. The molecule has 1 heterocycles. The van der Waals surface area contributed by atoms with Crippen molar-refractivity contribution in [2.45, 2.75) is 29.1 Å². The Bertz CT molecular complexity index is 1220. The molecule has 4 aromatic rings. The van der Waals surface area contributed by atoms with Crippen molar-refractivity contribution in [3.63, 3.8) is 0 Å². The van der Waals surface area contributed by atoms with Crippen LogP contribution in [0.2, 0.25) is 0 Å². The molecule has 4 heteroatoms. The lowest BCUT2D eigenvalue weighted by Crippen LogP contribution is -1.97. The molecule has 3 aromatic carbocycles. The lowest BCUT2D eigenvalue weighted by atomic mass is 9.96. The summed E-state index contributed by atoms with van der Waals surface area (Å²) in [6.45, 7) is 6.55. The second kappa shape index (κ2) is 11.2. The maximum atomic E-state index is 12.4. The summed E-state index contributed by atoms with van der Waals surface area (Å²) in [5, 5.41) is -0.00285. The van der Waals surface area contributed by atoms with Gasteiger partial charge in [0.25, 0.3) is 0 Å². The van der Waals surface area contributed by atoms with Crippen LogP contribution in [0.1, 0.15) is 39.9 Å². The average Bonchev–Trinajstić information content (AvgIpc) is 2.86. The van der Waals surface area contributed by atoms with E-state index in [4.69, 9.17) is 0 Å². The molecule has 0 saturated carbocycles. The number of aromatic nitrogens is 1. The summed E-state index contributed by atoms with van der Waals surface area (Å²) in [6, 6.07) is 30.9. The molecule has 0 saturated heterocycles. The van der Waals surface area contributed by atoms with Crippen LogP contribution in [0.5, 0.6) is 0 Å². The Morgan fingerprint density at radius 2 is 1.55 bits per heavy atom. The zero-order valence-electron chi connectivity index (χ0n) is 18.5. The lowest BCUT2D eigenvalue weighted by molar-refractivity contribution is 0.108. The highest BCUT2D eigenvalue weighted by atomic mass is 32.2. The van der Waals surface area contributed by atoms with Gasteiger partial charge in [-0.05, 0) is 76.2 Å². The summed E-state index contributed by atoms with van der Waals surface area (Å²) < 4.78 is 0. The molecule has 0 radical (unpaired) electrons. The number of hydrogen-bond acceptors (Lipinski definition) is 4. The van der Waals surface area contributed by atoms with Crippen molar-refractivity contribution in [3.8, 4) is 0 Å². The van der Waals surface area contributed by atoms with E-state index < -0.39 is 0 Å². The van der Waals surface area contributed by atoms with Crippen LogP contribution in [0.15, 0.2) is 125 Å². The maximum Gasteiger partial charge on any atom is 0.225 e. The van der Waals surface area contributed by atoms with Crippen LogP contribution in [0, 0.1) is 0 Å². The van der Waals surface area contributed by atoms with Gasteiger partial charge >= 0.3 is 0 Å². The maximum absolute atomic E-state index is 12.4. The highest BCUT2D eigenvalue weighted by Crippen LogP contribution is 2.37. The molecule has 0 bridgehead atoms. The molecule has 0 aliphatic heterocycles. The van der Waals surface area contributed by atoms with E-state index in [1.165, 1.54) is 28.5 Å². The molecule has 0 fully saturated rings. The van der Waals surface area contributed by atoms with Gasteiger partial charge in [-0.25, -0.2) is 0 Å². The molecular weight excluding hydrogens is 442 g/mol. The largest absolute Gasteiger partial charge is 0.281 e. The van der Waals surface area contributed by atoms with Crippen LogP contribution < -0.4 is 0 Å². The van der Waals surface area contributed by atoms with Crippen LogP contribution in [0.3, 0.4) is 0 Å². The molecule has 0 aliphatic rings. The molecule has 164 valence electrons. The third-order valence-electron chi connectivity index (χ3n) is 5.37. The zero-order chi connectivity index (χ0) is 23.0. The first-order valence-corrected chi connectivity index (χ1v) is 12.4. The van der Waals surface area contributed by atoms with Gasteiger partial charge in [-0.15, -0.1) is 0 Å². The number of carbonyl (C=O) groups excluding carboxylic acids is 1. The van der Waals surface area contributed by atoms with E-state index in [0.717, 1.165) is 21.1 Å². The van der Waals surface area contributed by atoms with Crippen LogP contribution in [0.25, 0.3) is 0 Å². The van der Waals surface area contributed by atoms with Gasteiger partial charge < -0.3 is 0 Å². The number of hydrogen-bond donors (Lipinski definition) is 0. The number of pyridine rings is 1. The van der Waals surface area contributed by atoms with Gasteiger partial charge in [0, 0.05) is 33.7 Å². The van der Waals surface area contributed by atoms with E-state index in [1.54, 1.807) is 36.3 Å². The first-order valence-electron chi connectivity index (χ1n) is 10.8. The molecule has 0 N–H and O–H groups in total. The molecule has 0 amide bonds. The molecular formula is C29H25NOS2.